The molecule has 0 saturated heterocycles. The maximum Gasteiger partial charge on any atom is 0.141 e. The number of thiophene rings is 1. The van der Waals surface area contributed by atoms with Crippen LogP contribution in [0, 0.1) is 12.7 Å². The van der Waals surface area contributed by atoms with E-state index in [1.165, 1.54) is 6.07 Å². The number of hydrogen-bond acceptors (Lipinski definition) is 2. The molecule has 96 valence electrons. The molecule has 0 bridgehead atoms. The summed E-state index contributed by atoms with van der Waals surface area (Å²) < 4.78 is 14.0. The van der Waals surface area contributed by atoms with Gasteiger partial charge >= 0.3 is 0 Å². The van der Waals surface area contributed by atoms with E-state index in [0.717, 1.165) is 19.8 Å². The molecule has 0 aliphatic rings. The first-order chi connectivity index (χ1) is 8.47. The van der Waals surface area contributed by atoms with E-state index in [4.69, 9.17) is 11.6 Å². The van der Waals surface area contributed by atoms with Gasteiger partial charge in [-0.15, -0.1) is 11.3 Å². The standard InChI is InChI=1S/C13H11BrClFOS/c1-7-9(14)6-13(18-7)12(17)5-8-2-3-11(16)10(15)4-8/h2-4,6,12,17H,5H2,1H3. The van der Waals surface area contributed by atoms with E-state index in [0.29, 0.717) is 6.42 Å². The fourth-order valence-electron chi connectivity index (χ4n) is 1.64. The molecule has 1 aromatic heterocycles. The van der Waals surface area contributed by atoms with Crippen LogP contribution in [0.15, 0.2) is 28.7 Å². The Balaban J connectivity index is 2.15. The lowest BCUT2D eigenvalue weighted by Gasteiger charge is -2.09. The van der Waals surface area contributed by atoms with Crippen molar-refractivity contribution in [3.8, 4) is 0 Å². The molecule has 5 heteroatoms. The molecule has 1 heterocycles. The lowest BCUT2D eigenvalue weighted by molar-refractivity contribution is 0.182. The molecule has 18 heavy (non-hydrogen) atoms. The van der Waals surface area contributed by atoms with E-state index >= 15 is 0 Å². The number of aliphatic hydroxyl groups is 1. The second-order valence-electron chi connectivity index (χ2n) is 4.02. The van der Waals surface area contributed by atoms with Crippen LogP contribution in [-0.4, -0.2) is 5.11 Å². The molecular formula is C13H11BrClFOS. The van der Waals surface area contributed by atoms with E-state index < -0.39 is 11.9 Å². The quantitative estimate of drug-likeness (QED) is 0.836. The van der Waals surface area contributed by atoms with Gasteiger partial charge in [-0.2, -0.15) is 0 Å². The second-order valence-corrected chi connectivity index (χ2v) is 6.57. The molecule has 0 aliphatic carbocycles. The summed E-state index contributed by atoms with van der Waals surface area (Å²) in [5.41, 5.74) is 0.816. The first-order valence-electron chi connectivity index (χ1n) is 5.35. The summed E-state index contributed by atoms with van der Waals surface area (Å²) in [4.78, 5) is 2.01. The molecule has 0 spiro atoms. The Bertz CT molecular complexity index is 551. The third kappa shape index (κ3) is 3.12. The average molecular weight is 350 g/mol. The van der Waals surface area contributed by atoms with Crippen molar-refractivity contribution in [3.05, 3.63) is 54.9 Å². The van der Waals surface area contributed by atoms with E-state index in [-0.39, 0.29) is 5.02 Å². The predicted molar refractivity (Wildman–Crippen MR) is 76.8 cm³/mol. The highest BCUT2D eigenvalue weighted by Crippen LogP contribution is 2.32. The third-order valence-electron chi connectivity index (χ3n) is 2.62. The predicted octanol–water partition coefficient (Wildman–Crippen LogP) is 4.89. The van der Waals surface area contributed by atoms with Gasteiger partial charge < -0.3 is 5.11 Å². The van der Waals surface area contributed by atoms with Crippen LogP contribution in [0.4, 0.5) is 4.39 Å². The molecule has 1 atom stereocenters. The van der Waals surface area contributed by atoms with Crippen LogP contribution in [0.2, 0.25) is 5.02 Å². The Morgan fingerprint density at radius 2 is 2.17 bits per heavy atom. The Morgan fingerprint density at radius 3 is 2.72 bits per heavy atom. The van der Waals surface area contributed by atoms with Crippen molar-refractivity contribution in [3.63, 3.8) is 0 Å². The maximum atomic E-state index is 13.0. The Morgan fingerprint density at radius 1 is 1.44 bits per heavy atom. The summed E-state index contributed by atoms with van der Waals surface area (Å²) >= 11 is 10.7. The van der Waals surface area contributed by atoms with E-state index in [2.05, 4.69) is 15.9 Å². The maximum absolute atomic E-state index is 13.0. The number of benzene rings is 1. The van der Waals surface area contributed by atoms with Crippen molar-refractivity contribution in [2.45, 2.75) is 19.4 Å². The van der Waals surface area contributed by atoms with Crippen molar-refractivity contribution in [1.82, 2.24) is 0 Å². The number of aryl methyl sites for hydroxylation is 1. The van der Waals surface area contributed by atoms with Crippen LogP contribution < -0.4 is 0 Å². The molecule has 0 aliphatic heterocycles. The SMILES string of the molecule is Cc1sc(C(O)Cc2ccc(F)c(Cl)c2)cc1Br. The number of rotatable bonds is 3. The van der Waals surface area contributed by atoms with Crippen molar-refractivity contribution >= 4 is 38.9 Å². The Labute approximate surface area is 122 Å². The molecule has 0 radical (unpaired) electrons. The minimum atomic E-state index is -0.596. The average Bonchev–Trinajstić information content (AvgIpc) is 2.65. The Hall–Kier alpha value is -0.420. The zero-order valence-corrected chi connectivity index (χ0v) is 12.7. The molecule has 0 saturated carbocycles. The molecule has 2 rings (SSSR count). The first-order valence-corrected chi connectivity index (χ1v) is 7.34. The topological polar surface area (TPSA) is 20.2 Å². The normalized spacial score (nSPS) is 12.7. The van der Waals surface area contributed by atoms with Gasteiger partial charge in [-0.25, -0.2) is 4.39 Å². The van der Waals surface area contributed by atoms with Crippen LogP contribution in [0.5, 0.6) is 0 Å². The monoisotopic (exact) mass is 348 g/mol. The van der Waals surface area contributed by atoms with Gasteiger partial charge in [0.2, 0.25) is 0 Å². The molecular weight excluding hydrogens is 339 g/mol. The van der Waals surface area contributed by atoms with Gasteiger partial charge in [0.25, 0.3) is 0 Å². The van der Waals surface area contributed by atoms with Crippen LogP contribution in [0.1, 0.15) is 21.4 Å². The highest BCUT2D eigenvalue weighted by Gasteiger charge is 2.13. The summed E-state index contributed by atoms with van der Waals surface area (Å²) in [5.74, 6) is -0.440. The number of halogens is 3. The minimum absolute atomic E-state index is 0.0863. The van der Waals surface area contributed by atoms with Gasteiger partial charge in [0.15, 0.2) is 0 Å². The van der Waals surface area contributed by atoms with Crippen LogP contribution in [0.3, 0.4) is 0 Å². The third-order valence-corrected chi connectivity index (χ3v) is 5.15. The molecule has 0 fully saturated rings. The zero-order valence-electron chi connectivity index (χ0n) is 9.58. The molecule has 1 N–H and O–H groups in total. The molecule has 1 aromatic carbocycles. The van der Waals surface area contributed by atoms with Crippen LogP contribution in [0.25, 0.3) is 0 Å². The highest BCUT2D eigenvalue weighted by molar-refractivity contribution is 9.10. The number of aliphatic hydroxyl groups excluding tert-OH is 1. The fourth-order valence-corrected chi connectivity index (χ4v) is 3.39. The fraction of sp³-hybridized carbons (Fsp3) is 0.231. The smallest absolute Gasteiger partial charge is 0.141 e. The van der Waals surface area contributed by atoms with Gasteiger partial charge in [-0.05, 0) is 46.6 Å². The van der Waals surface area contributed by atoms with E-state index in [1.807, 2.05) is 13.0 Å². The van der Waals surface area contributed by atoms with Gasteiger partial charge in [0.1, 0.15) is 5.82 Å². The summed E-state index contributed by atoms with van der Waals surface area (Å²) in [6.07, 6.45) is -0.173. The lowest BCUT2D eigenvalue weighted by Crippen LogP contribution is -1.99. The summed E-state index contributed by atoms with van der Waals surface area (Å²) in [6.45, 7) is 1.99. The highest BCUT2D eigenvalue weighted by atomic mass is 79.9. The van der Waals surface area contributed by atoms with E-state index in [9.17, 15) is 9.50 Å². The van der Waals surface area contributed by atoms with Gasteiger partial charge in [0.05, 0.1) is 11.1 Å². The van der Waals surface area contributed by atoms with Crippen molar-refractivity contribution < 1.29 is 9.50 Å². The minimum Gasteiger partial charge on any atom is -0.387 e. The molecule has 1 unspecified atom stereocenters. The van der Waals surface area contributed by atoms with Crippen molar-refractivity contribution in [2.24, 2.45) is 0 Å². The summed E-state index contributed by atoms with van der Waals surface area (Å²) in [7, 11) is 0. The van der Waals surface area contributed by atoms with Gasteiger partial charge in [-0.1, -0.05) is 17.7 Å². The van der Waals surface area contributed by atoms with Crippen LogP contribution >= 0.6 is 38.9 Å². The molecule has 0 amide bonds. The summed E-state index contributed by atoms with van der Waals surface area (Å²) in [5, 5.41) is 10.2. The largest absolute Gasteiger partial charge is 0.387 e. The first kappa shape index (κ1) is 14.0. The van der Waals surface area contributed by atoms with Crippen LogP contribution in [-0.2, 0) is 6.42 Å². The summed E-state index contributed by atoms with van der Waals surface area (Å²) in [6, 6.07) is 6.42. The second kappa shape index (κ2) is 5.70. The van der Waals surface area contributed by atoms with Crippen molar-refractivity contribution in [1.29, 1.82) is 0 Å². The number of hydrogen-bond donors (Lipinski definition) is 1. The molecule has 2 aromatic rings. The lowest BCUT2D eigenvalue weighted by atomic mass is 10.1. The van der Waals surface area contributed by atoms with Gasteiger partial charge in [0, 0.05) is 20.6 Å². The Kier molecular flexibility index (Phi) is 4.43. The molecule has 1 nitrogen and oxygen atoms in total. The van der Waals surface area contributed by atoms with Gasteiger partial charge in [-0.3, -0.25) is 0 Å². The zero-order chi connectivity index (χ0) is 13.3. The van der Waals surface area contributed by atoms with Crippen molar-refractivity contribution in [2.75, 3.05) is 0 Å². The van der Waals surface area contributed by atoms with E-state index in [1.54, 1.807) is 23.5 Å².